The average Bonchev–Trinajstić information content (AvgIpc) is 2.83. The van der Waals surface area contributed by atoms with Gasteiger partial charge in [0.25, 0.3) is 5.91 Å². The molecule has 1 atom stereocenters. The van der Waals surface area contributed by atoms with E-state index in [0.717, 1.165) is 16.8 Å². The number of carbonyl (C=O) groups is 2. The molecule has 144 valence electrons. The number of rotatable bonds is 6. The van der Waals surface area contributed by atoms with Gasteiger partial charge in [0, 0.05) is 0 Å². The number of carbonyl (C=O) groups excluding carboxylic acids is 2. The Morgan fingerprint density at radius 3 is 2.67 bits per heavy atom. The summed E-state index contributed by atoms with van der Waals surface area (Å²) in [5.41, 5.74) is 0.353. The topological polar surface area (TPSA) is 116 Å². The molecular formula is C16H16ClFN4O5. The molecule has 0 spiro atoms. The lowest BCUT2D eigenvalue weighted by atomic mass is 10.3. The molecule has 0 saturated heterocycles. The van der Waals surface area contributed by atoms with Crippen LogP contribution >= 0.6 is 11.6 Å². The number of aryl methyl sites for hydroxylation is 1. The standard InChI is InChI=1S/C16H16ClFN4O5/c1-8-15(22(25)26)9(2)21(20-8)7-14(23)27-10(3)16(24)19-13-5-4-11(18)6-12(13)17/h4-6,10H,7H2,1-3H3,(H,19,24)/t10-/m0/s1. The van der Waals surface area contributed by atoms with Crippen molar-refractivity contribution in [3.05, 3.63) is 50.5 Å². The van der Waals surface area contributed by atoms with Gasteiger partial charge < -0.3 is 10.1 Å². The number of hydrogen-bond donors (Lipinski definition) is 1. The van der Waals surface area contributed by atoms with Gasteiger partial charge in [-0.1, -0.05) is 11.6 Å². The Labute approximate surface area is 158 Å². The van der Waals surface area contributed by atoms with Crippen LogP contribution in [0.2, 0.25) is 5.02 Å². The quantitative estimate of drug-likeness (QED) is 0.454. The first kappa shape index (κ1) is 20.3. The molecule has 0 fully saturated rings. The summed E-state index contributed by atoms with van der Waals surface area (Å²) in [4.78, 5) is 34.5. The van der Waals surface area contributed by atoms with Gasteiger partial charge in [0.05, 0.1) is 15.6 Å². The molecule has 1 amide bonds. The van der Waals surface area contributed by atoms with E-state index in [1.807, 2.05) is 0 Å². The fraction of sp³-hybridized carbons (Fsp3) is 0.312. The maximum atomic E-state index is 13.0. The number of halogens is 2. The SMILES string of the molecule is Cc1nn(CC(=O)O[C@@H](C)C(=O)Nc2ccc(F)cc2Cl)c(C)c1[N+](=O)[O-]. The third kappa shape index (κ3) is 4.79. The Bertz CT molecular complexity index is 914. The second kappa shape index (κ2) is 8.12. The van der Waals surface area contributed by atoms with Crippen LogP contribution in [0.25, 0.3) is 0 Å². The maximum absolute atomic E-state index is 13.0. The first-order valence-electron chi connectivity index (χ1n) is 7.74. The second-order valence-corrected chi connectivity index (χ2v) is 6.09. The predicted molar refractivity (Wildman–Crippen MR) is 93.9 cm³/mol. The number of hydrogen-bond acceptors (Lipinski definition) is 6. The van der Waals surface area contributed by atoms with Crippen molar-refractivity contribution in [2.75, 3.05) is 5.32 Å². The molecule has 1 aromatic heterocycles. The molecule has 2 rings (SSSR count). The van der Waals surface area contributed by atoms with E-state index in [-0.39, 0.29) is 27.8 Å². The van der Waals surface area contributed by atoms with Crippen molar-refractivity contribution in [3.8, 4) is 0 Å². The van der Waals surface area contributed by atoms with Crippen LogP contribution in [-0.4, -0.2) is 32.7 Å². The van der Waals surface area contributed by atoms with E-state index in [0.29, 0.717) is 0 Å². The number of aromatic nitrogens is 2. The van der Waals surface area contributed by atoms with Crippen molar-refractivity contribution < 1.29 is 23.6 Å². The molecule has 0 unspecified atom stereocenters. The number of ether oxygens (including phenoxy) is 1. The van der Waals surface area contributed by atoms with Crippen molar-refractivity contribution in [2.24, 2.45) is 0 Å². The van der Waals surface area contributed by atoms with Gasteiger partial charge in [0.15, 0.2) is 6.10 Å². The molecule has 1 N–H and O–H groups in total. The smallest absolute Gasteiger partial charge is 0.328 e. The van der Waals surface area contributed by atoms with Crippen molar-refractivity contribution in [2.45, 2.75) is 33.4 Å². The zero-order chi connectivity index (χ0) is 20.3. The van der Waals surface area contributed by atoms with Crippen molar-refractivity contribution >= 4 is 34.9 Å². The number of nitrogens with zero attached hydrogens (tertiary/aromatic N) is 3. The molecule has 0 saturated carbocycles. The zero-order valence-electron chi connectivity index (χ0n) is 14.7. The first-order chi connectivity index (χ1) is 12.6. The number of nitrogens with one attached hydrogen (secondary N) is 1. The summed E-state index contributed by atoms with van der Waals surface area (Å²) >= 11 is 5.82. The van der Waals surface area contributed by atoms with Crippen LogP contribution in [0.3, 0.4) is 0 Å². The minimum absolute atomic E-state index is 0.00294. The molecule has 0 radical (unpaired) electrons. The van der Waals surface area contributed by atoms with Crippen LogP contribution in [0, 0.1) is 29.8 Å². The van der Waals surface area contributed by atoms with Crippen LogP contribution < -0.4 is 5.32 Å². The van der Waals surface area contributed by atoms with Crippen molar-refractivity contribution in [3.63, 3.8) is 0 Å². The highest BCUT2D eigenvalue weighted by Gasteiger charge is 2.24. The summed E-state index contributed by atoms with van der Waals surface area (Å²) in [5.74, 6) is -2.03. The Morgan fingerprint density at radius 1 is 1.44 bits per heavy atom. The highest BCUT2D eigenvalue weighted by molar-refractivity contribution is 6.33. The zero-order valence-corrected chi connectivity index (χ0v) is 15.4. The fourth-order valence-electron chi connectivity index (χ4n) is 2.34. The second-order valence-electron chi connectivity index (χ2n) is 5.68. The number of nitro groups is 1. The van der Waals surface area contributed by atoms with E-state index < -0.39 is 35.3 Å². The highest BCUT2D eigenvalue weighted by Crippen LogP contribution is 2.23. The lowest BCUT2D eigenvalue weighted by Crippen LogP contribution is -2.31. The van der Waals surface area contributed by atoms with Gasteiger partial charge in [-0.3, -0.25) is 24.4 Å². The van der Waals surface area contributed by atoms with Crippen LogP contribution in [0.15, 0.2) is 18.2 Å². The largest absolute Gasteiger partial charge is 0.451 e. The minimum Gasteiger partial charge on any atom is -0.451 e. The molecular weight excluding hydrogens is 383 g/mol. The molecule has 0 aliphatic carbocycles. The summed E-state index contributed by atoms with van der Waals surface area (Å²) in [6.45, 7) is 3.86. The lowest BCUT2D eigenvalue weighted by Gasteiger charge is -2.14. The third-order valence-corrected chi connectivity index (χ3v) is 3.98. The van der Waals surface area contributed by atoms with Gasteiger partial charge in [-0.15, -0.1) is 0 Å². The predicted octanol–water partition coefficient (Wildman–Crippen LogP) is 2.77. The van der Waals surface area contributed by atoms with Crippen LogP contribution in [0.4, 0.5) is 15.8 Å². The van der Waals surface area contributed by atoms with E-state index in [1.165, 1.54) is 26.8 Å². The molecule has 1 heterocycles. The van der Waals surface area contributed by atoms with Gasteiger partial charge in [0.2, 0.25) is 0 Å². The first-order valence-corrected chi connectivity index (χ1v) is 8.11. The average molecular weight is 399 g/mol. The summed E-state index contributed by atoms with van der Waals surface area (Å²) in [5, 5.41) is 17.3. The number of esters is 1. The number of anilines is 1. The molecule has 11 heteroatoms. The number of benzene rings is 1. The normalized spacial score (nSPS) is 11.7. The van der Waals surface area contributed by atoms with Gasteiger partial charge in [-0.25, -0.2) is 4.39 Å². The van der Waals surface area contributed by atoms with E-state index in [1.54, 1.807) is 0 Å². The van der Waals surface area contributed by atoms with Gasteiger partial charge >= 0.3 is 11.7 Å². The van der Waals surface area contributed by atoms with Gasteiger partial charge in [-0.2, -0.15) is 5.10 Å². The fourth-order valence-corrected chi connectivity index (χ4v) is 2.56. The van der Waals surface area contributed by atoms with E-state index in [2.05, 4.69) is 10.4 Å². The Balaban J connectivity index is 2.00. The molecule has 0 aliphatic heterocycles. The summed E-state index contributed by atoms with van der Waals surface area (Å²) in [6.07, 6.45) is -1.18. The van der Waals surface area contributed by atoms with Crippen LogP contribution in [0.5, 0.6) is 0 Å². The number of amides is 1. The van der Waals surface area contributed by atoms with Crippen molar-refractivity contribution in [1.29, 1.82) is 0 Å². The summed E-state index contributed by atoms with van der Waals surface area (Å²) in [7, 11) is 0. The summed E-state index contributed by atoms with van der Waals surface area (Å²) in [6, 6.07) is 3.43. The Morgan fingerprint density at radius 2 is 2.11 bits per heavy atom. The molecule has 0 aliphatic rings. The van der Waals surface area contributed by atoms with Crippen LogP contribution in [-0.2, 0) is 20.9 Å². The van der Waals surface area contributed by atoms with E-state index in [9.17, 15) is 24.1 Å². The van der Waals surface area contributed by atoms with Gasteiger partial charge in [0.1, 0.15) is 23.7 Å². The third-order valence-electron chi connectivity index (χ3n) is 3.67. The summed E-state index contributed by atoms with van der Waals surface area (Å²) < 4.78 is 19.2. The molecule has 27 heavy (non-hydrogen) atoms. The monoisotopic (exact) mass is 398 g/mol. The highest BCUT2D eigenvalue weighted by atomic mass is 35.5. The van der Waals surface area contributed by atoms with Gasteiger partial charge in [-0.05, 0) is 39.0 Å². The molecule has 1 aromatic carbocycles. The lowest BCUT2D eigenvalue weighted by molar-refractivity contribution is -0.386. The van der Waals surface area contributed by atoms with E-state index >= 15 is 0 Å². The minimum atomic E-state index is -1.18. The Hall–Kier alpha value is -3.01. The molecule has 0 bridgehead atoms. The maximum Gasteiger partial charge on any atom is 0.328 e. The Kier molecular flexibility index (Phi) is 6.11. The van der Waals surface area contributed by atoms with Crippen LogP contribution in [0.1, 0.15) is 18.3 Å². The van der Waals surface area contributed by atoms with Crippen molar-refractivity contribution in [1.82, 2.24) is 9.78 Å². The molecule has 9 nitrogen and oxygen atoms in total. The van der Waals surface area contributed by atoms with E-state index in [4.69, 9.17) is 16.3 Å². The molecule has 2 aromatic rings.